The number of nitrogens with zero attached hydrogens (tertiary/aromatic N) is 4. The summed E-state index contributed by atoms with van der Waals surface area (Å²) in [6.07, 6.45) is 1.73. The van der Waals surface area contributed by atoms with Crippen molar-refractivity contribution in [3.63, 3.8) is 0 Å². The number of fused-ring (bicyclic) bond motifs is 6. The van der Waals surface area contributed by atoms with Crippen molar-refractivity contribution >= 4 is 43.5 Å². The van der Waals surface area contributed by atoms with Crippen molar-refractivity contribution in [2.45, 2.75) is 13.0 Å². The molecule has 0 saturated heterocycles. The maximum Gasteiger partial charge on any atom is 0.255 e. The van der Waals surface area contributed by atoms with E-state index in [-0.39, 0.29) is 39.5 Å². The normalized spacial score (nSPS) is 12.5. The summed E-state index contributed by atoms with van der Waals surface area (Å²) in [4.78, 5) is 18.3. The van der Waals surface area contributed by atoms with Gasteiger partial charge in [-0.3, -0.25) is 9.10 Å². The first-order valence-electron chi connectivity index (χ1n) is 14.2. The quantitative estimate of drug-likeness (QED) is 0.239. The largest absolute Gasteiger partial charge is 0.455 e. The predicted octanol–water partition coefficient (Wildman–Crippen LogP) is 6.24. The van der Waals surface area contributed by atoms with Crippen molar-refractivity contribution in [1.29, 1.82) is 5.26 Å². The van der Waals surface area contributed by atoms with Crippen LogP contribution in [0.5, 0.6) is 0 Å². The lowest BCUT2D eigenvalue weighted by Crippen LogP contribution is -2.25. The highest BCUT2D eigenvalue weighted by Crippen LogP contribution is 2.43. The van der Waals surface area contributed by atoms with E-state index in [1.165, 1.54) is 32.3 Å². The number of anilines is 1. The van der Waals surface area contributed by atoms with E-state index in [1.54, 1.807) is 24.3 Å². The standard InChI is InChI=1S/C34H25F2N5O4S/c1-38-34(42)31-24-14-23(26-10-7-18-11-12-41-27-6-4-5-25(36)22(27)15-29(41)32(18)39-26)28(40(2)46(3,43)44)16-30(24)45-33(31)21-9-8-20(35)13-19(21)17-37/h4-10,13-16H,11-12H2,1-3H3,(H,38,42). The zero-order valence-electron chi connectivity index (χ0n) is 24.9. The van der Waals surface area contributed by atoms with Crippen LogP contribution in [-0.4, -0.2) is 44.2 Å². The molecule has 0 spiro atoms. The van der Waals surface area contributed by atoms with Crippen LogP contribution in [-0.2, 0) is 23.0 Å². The van der Waals surface area contributed by atoms with Crippen molar-refractivity contribution in [3.05, 3.63) is 95.1 Å². The third-order valence-electron chi connectivity index (χ3n) is 8.44. The average Bonchev–Trinajstić information content (AvgIpc) is 3.62. The molecular weight excluding hydrogens is 612 g/mol. The van der Waals surface area contributed by atoms with Crippen molar-refractivity contribution < 1.29 is 26.4 Å². The highest BCUT2D eigenvalue weighted by molar-refractivity contribution is 7.92. The van der Waals surface area contributed by atoms with E-state index in [0.717, 1.165) is 39.5 Å². The molecule has 9 nitrogen and oxygen atoms in total. The molecule has 1 N–H and O–H groups in total. The van der Waals surface area contributed by atoms with E-state index in [4.69, 9.17) is 9.40 Å². The molecule has 1 aliphatic heterocycles. The third kappa shape index (κ3) is 4.50. The maximum atomic E-state index is 14.7. The van der Waals surface area contributed by atoms with Gasteiger partial charge in [-0.15, -0.1) is 0 Å². The second-order valence-electron chi connectivity index (χ2n) is 11.1. The third-order valence-corrected chi connectivity index (χ3v) is 9.63. The zero-order valence-corrected chi connectivity index (χ0v) is 25.7. The second kappa shape index (κ2) is 10.5. The molecular formula is C34H25F2N5O4S. The van der Waals surface area contributed by atoms with Crippen LogP contribution in [0.4, 0.5) is 14.5 Å². The van der Waals surface area contributed by atoms with Gasteiger partial charge < -0.3 is 14.3 Å². The summed E-state index contributed by atoms with van der Waals surface area (Å²) >= 11 is 0. The van der Waals surface area contributed by atoms with Gasteiger partial charge in [0.2, 0.25) is 10.0 Å². The van der Waals surface area contributed by atoms with Crippen molar-refractivity contribution in [2.75, 3.05) is 24.7 Å². The number of pyridine rings is 1. The number of amides is 1. The average molecular weight is 638 g/mol. The minimum Gasteiger partial charge on any atom is -0.455 e. The topological polar surface area (TPSA) is 121 Å². The molecule has 0 unspecified atom stereocenters. The summed E-state index contributed by atoms with van der Waals surface area (Å²) in [5.41, 5.74) is 4.53. The van der Waals surface area contributed by atoms with Crippen LogP contribution in [0.1, 0.15) is 21.5 Å². The Balaban J connectivity index is 1.51. The van der Waals surface area contributed by atoms with Gasteiger partial charge in [0.1, 0.15) is 23.0 Å². The van der Waals surface area contributed by atoms with E-state index < -0.39 is 21.7 Å². The van der Waals surface area contributed by atoms with Crippen molar-refractivity contribution in [1.82, 2.24) is 14.9 Å². The number of hydrogen-bond acceptors (Lipinski definition) is 6. The van der Waals surface area contributed by atoms with Gasteiger partial charge >= 0.3 is 0 Å². The zero-order chi connectivity index (χ0) is 32.5. The number of nitriles is 1. The van der Waals surface area contributed by atoms with Crippen LogP contribution < -0.4 is 9.62 Å². The lowest BCUT2D eigenvalue weighted by molar-refractivity contribution is 0.0964. The molecule has 1 aliphatic rings. The molecule has 0 bridgehead atoms. The van der Waals surface area contributed by atoms with Gasteiger partial charge in [-0.1, -0.05) is 12.1 Å². The molecule has 1 amide bonds. The monoisotopic (exact) mass is 637 g/mol. The molecule has 0 saturated carbocycles. The van der Waals surface area contributed by atoms with Gasteiger partial charge in [0.05, 0.1) is 51.7 Å². The number of sulfonamides is 1. The van der Waals surface area contributed by atoms with Crippen LogP contribution in [0.15, 0.2) is 71.1 Å². The van der Waals surface area contributed by atoms with Crippen LogP contribution >= 0.6 is 0 Å². The fourth-order valence-corrected chi connectivity index (χ4v) is 6.61. The SMILES string of the molecule is CNC(=O)c1c(-c2ccc(F)cc2C#N)oc2cc(N(C)S(C)(=O)=O)c(-c3ccc4c(n3)-c3cc5c(F)cccc5n3CC4)cc12. The Hall–Kier alpha value is -5.54. The molecule has 0 atom stereocenters. The maximum absolute atomic E-state index is 14.7. The van der Waals surface area contributed by atoms with Gasteiger partial charge in [0.15, 0.2) is 0 Å². The lowest BCUT2D eigenvalue weighted by Gasteiger charge is -2.23. The molecule has 7 rings (SSSR count). The molecule has 0 aliphatic carbocycles. The van der Waals surface area contributed by atoms with Gasteiger partial charge in [0, 0.05) is 48.6 Å². The van der Waals surface area contributed by atoms with E-state index in [1.807, 2.05) is 22.8 Å². The summed E-state index contributed by atoms with van der Waals surface area (Å²) in [6, 6.07) is 19.1. The van der Waals surface area contributed by atoms with E-state index in [0.29, 0.717) is 40.7 Å². The number of halogens is 2. The number of nitrogens with one attached hydrogen (secondary N) is 1. The van der Waals surface area contributed by atoms with Crippen LogP contribution in [0.2, 0.25) is 0 Å². The number of hydrogen-bond donors (Lipinski definition) is 1. The number of aryl methyl sites for hydroxylation is 2. The molecule has 3 aromatic heterocycles. The molecule has 12 heteroatoms. The van der Waals surface area contributed by atoms with Crippen LogP contribution in [0.25, 0.3) is 55.8 Å². The molecule has 3 aromatic carbocycles. The number of furan rings is 1. The highest BCUT2D eigenvalue weighted by atomic mass is 32.2. The minimum atomic E-state index is -3.78. The molecule has 4 heterocycles. The molecule has 46 heavy (non-hydrogen) atoms. The Morgan fingerprint density at radius 1 is 1.07 bits per heavy atom. The van der Waals surface area contributed by atoms with Gasteiger partial charge in [-0.25, -0.2) is 22.2 Å². The van der Waals surface area contributed by atoms with Gasteiger partial charge in [0.25, 0.3) is 5.91 Å². The van der Waals surface area contributed by atoms with E-state index >= 15 is 0 Å². The van der Waals surface area contributed by atoms with Crippen LogP contribution in [0.3, 0.4) is 0 Å². The smallest absolute Gasteiger partial charge is 0.255 e. The minimum absolute atomic E-state index is 0.0287. The second-order valence-corrected chi connectivity index (χ2v) is 13.1. The molecule has 0 fully saturated rings. The Morgan fingerprint density at radius 3 is 2.61 bits per heavy atom. The van der Waals surface area contributed by atoms with Crippen molar-refractivity contribution in [3.8, 4) is 40.0 Å². The summed E-state index contributed by atoms with van der Waals surface area (Å²) in [5.74, 6) is -1.46. The fourth-order valence-electron chi connectivity index (χ4n) is 6.10. The Morgan fingerprint density at radius 2 is 1.87 bits per heavy atom. The first-order valence-corrected chi connectivity index (χ1v) is 16.1. The number of carbonyl (C=O) groups excluding carboxylic acids is 1. The van der Waals surface area contributed by atoms with E-state index in [2.05, 4.69) is 5.32 Å². The number of aromatic nitrogens is 2. The Kier molecular flexibility index (Phi) is 6.68. The molecule has 0 radical (unpaired) electrons. The first-order chi connectivity index (χ1) is 22.0. The first kappa shape index (κ1) is 29.2. The van der Waals surface area contributed by atoms with Gasteiger partial charge in [-0.05, 0) is 60.5 Å². The number of benzene rings is 3. The molecule has 6 aromatic rings. The predicted molar refractivity (Wildman–Crippen MR) is 171 cm³/mol. The Bertz CT molecular complexity index is 2420. The van der Waals surface area contributed by atoms with Gasteiger partial charge in [-0.2, -0.15) is 5.26 Å². The van der Waals surface area contributed by atoms with Crippen LogP contribution in [0, 0.1) is 23.0 Å². The molecule has 230 valence electrons. The fraction of sp³-hybridized carbons (Fsp3) is 0.147. The number of rotatable bonds is 5. The number of carbonyl (C=O) groups is 1. The lowest BCUT2D eigenvalue weighted by atomic mass is 9.97. The Labute approximate surface area is 262 Å². The summed E-state index contributed by atoms with van der Waals surface area (Å²) in [5, 5.41) is 13.1. The summed E-state index contributed by atoms with van der Waals surface area (Å²) in [6.45, 7) is 0.645. The summed E-state index contributed by atoms with van der Waals surface area (Å²) in [7, 11) is -0.937. The van der Waals surface area contributed by atoms with E-state index in [9.17, 15) is 27.3 Å². The van der Waals surface area contributed by atoms with Crippen molar-refractivity contribution in [2.24, 2.45) is 0 Å². The highest BCUT2D eigenvalue weighted by Gasteiger charge is 2.28. The summed E-state index contributed by atoms with van der Waals surface area (Å²) < 4.78 is 63.7.